The molecule has 3 aromatic rings. The van der Waals surface area contributed by atoms with Gasteiger partial charge in [-0.3, -0.25) is 0 Å². The lowest BCUT2D eigenvalue weighted by Gasteiger charge is -2.33. The van der Waals surface area contributed by atoms with E-state index < -0.39 is 47.0 Å². The highest BCUT2D eigenvalue weighted by molar-refractivity contribution is 5.65. The number of benzene rings is 3. The van der Waals surface area contributed by atoms with E-state index in [-0.39, 0.29) is 36.8 Å². The molecule has 0 N–H and O–H groups in total. The van der Waals surface area contributed by atoms with Crippen LogP contribution < -0.4 is 4.74 Å². The molecule has 1 fully saturated rings. The van der Waals surface area contributed by atoms with Gasteiger partial charge >= 0.3 is 6.11 Å². The maximum Gasteiger partial charge on any atom is 0.400 e. The van der Waals surface area contributed by atoms with Crippen LogP contribution >= 0.6 is 0 Å². The SMILES string of the molecule is Cc1ccc(-c2ccc(C3CCC(C(F)(F)Oc4ccc(F)c(F)c4)CC3)c(F)c2F)cc1. The fourth-order valence-corrected chi connectivity index (χ4v) is 4.36. The van der Waals surface area contributed by atoms with E-state index in [0.717, 1.165) is 17.7 Å². The third-order valence-corrected chi connectivity index (χ3v) is 6.26. The summed E-state index contributed by atoms with van der Waals surface area (Å²) in [6, 6.07) is 12.3. The second-order valence-corrected chi connectivity index (χ2v) is 8.48. The van der Waals surface area contributed by atoms with Gasteiger partial charge in [0.1, 0.15) is 5.75 Å². The van der Waals surface area contributed by atoms with Gasteiger partial charge in [0.05, 0.1) is 5.92 Å². The van der Waals surface area contributed by atoms with E-state index in [4.69, 9.17) is 0 Å². The molecular formula is C26H22F6O. The van der Waals surface area contributed by atoms with Crippen molar-refractivity contribution < 1.29 is 31.1 Å². The lowest BCUT2D eigenvalue weighted by Crippen LogP contribution is -2.37. The van der Waals surface area contributed by atoms with Gasteiger partial charge in [-0.15, -0.1) is 0 Å². The van der Waals surface area contributed by atoms with Gasteiger partial charge in [0.15, 0.2) is 23.3 Å². The van der Waals surface area contributed by atoms with Gasteiger partial charge in [0.2, 0.25) is 0 Å². The number of aryl methyl sites for hydroxylation is 1. The molecule has 1 saturated carbocycles. The highest BCUT2D eigenvalue weighted by atomic mass is 19.3. The van der Waals surface area contributed by atoms with Gasteiger partial charge in [-0.1, -0.05) is 42.0 Å². The Morgan fingerprint density at radius 2 is 1.42 bits per heavy atom. The van der Waals surface area contributed by atoms with E-state index in [1.54, 1.807) is 12.1 Å². The first-order chi connectivity index (χ1) is 15.7. The molecule has 0 aromatic heterocycles. The second kappa shape index (κ2) is 9.12. The van der Waals surface area contributed by atoms with Gasteiger partial charge < -0.3 is 4.74 Å². The zero-order chi connectivity index (χ0) is 23.8. The highest BCUT2D eigenvalue weighted by Gasteiger charge is 2.44. The predicted octanol–water partition coefficient (Wildman–Crippen LogP) is 8.16. The number of hydrogen-bond acceptors (Lipinski definition) is 1. The van der Waals surface area contributed by atoms with Crippen molar-refractivity contribution in [2.75, 3.05) is 0 Å². The molecule has 0 atom stereocenters. The number of ether oxygens (including phenoxy) is 1. The average molecular weight is 464 g/mol. The molecule has 1 nitrogen and oxygen atoms in total. The van der Waals surface area contributed by atoms with Crippen molar-refractivity contribution in [2.24, 2.45) is 5.92 Å². The van der Waals surface area contributed by atoms with E-state index in [0.29, 0.717) is 11.6 Å². The van der Waals surface area contributed by atoms with E-state index >= 15 is 0 Å². The van der Waals surface area contributed by atoms with Gasteiger partial charge in [0.25, 0.3) is 0 Å². The van der Waals surface area contributed by atoms with Crippen LogP contribution in [0.25, 0.3) is 11.1 Å². The van der Waals surface area contributed by atoms with Crippen molar-refractivity contribution in [3.05, 3.63) is 89.0 Å². The quantitative estimate of drug-likeness (QED) is 0.346. The molecule has 0 unspecified atom stereocenters. The molecule has 7 heteroatoms. The van der Waals surface area contributed by atoms with Gasteiger partial charge in [-0.05, 0) is 61.8 Å². The first-order valence-electron chi connectivity index (χ1n) is 10.7. The molecular weight excluding hydrogens is 442 g/mol. The first-order valence-corrected chi connectivity index (χ1v) is 10.7. The normalized spacial score (nSPS) is 18.9. The number of alkyl halides is 2. The van der Waals surface area contributed by atoms with Crippen molar-refractivity contribution in [1.29, 1.82) is 0 Å². The second-order valence-electron chi connectivity index (χ2n) is 8.48. The van der Waals surface area contributed by atoms with E-state index in [1.165, 1.54) is 12.1 Å². The zero-order valence-corrected chi connectivity index (χ0v) is 17.9. The summed E-state index contributed by atoms with van der Waals surface area (Å²) in [5.74, 6) is -6.40. The van der Waals surface area contributed by atoms with E-state index in [9.17, 15) is 26.3 Å². The fraction of sp³-hybridized carbons (Fsp3) is 0.308. The highest BCUT2D eigenvalue weighted by Crippen LogP contribution is 2.44. The average Bonchev–Trinajstić information content (AvgIpc) is 2.79. The Labute approximate surface area is 188 Å². The van der Waals surface area contributed by atoms with Crippen LogP contribution in [-0.2, 0) is 0 Å². The fourth-order valence-electron chi connectivity index (χ4n) is 4.36. The molecule has 0 radical (unpaired) electrons. The van der Waals surface area contributed by atoms with Crippen molar-refractivity contribution in [1.82, 2.24) is 0 Å². The minimum atomic E-state index is -3.60. The zero-order valence-electron chi connectivity index (χ0n) is 17.9. The molecule has 0 spiro atoms. The summed E-state index contributed by atoms with van der Waals surface area (Å²) in [5, 5.41) is 0. The van der Waals surface area contributed by atoms with Crippen molar-refractivity contribution in [2.45, 2.75) is 44.6 Å². The minimum absolute atomic E-state index is 0.0160. The van der Waals surface area contributed by atoms with Crippen LogP contribution in [0, 0.1) is 36.1 Å². The van der Waals surface area contributed by atoms with Gasteiger partial charge in [-0.25, -0.2) is 17.6 Å². The molecule has 1 aliphatic carbocycles. The maximum atomic E-state index is 14.9. The Morgan fingerprint density at radius 1 is 0.758 bits per heavy atom. The van der Waals surface area contributed by atoms with E-state index in [1.807, 2.05) is 19.1 Å². The third-order valence-electron chi connectivity index (χ3n) is 6.26. The van der Waals surface area contributed by atoms with Crippen molar-refractivity contribution in [3.8, 4) is 16.9 Å². The molecule has 33 heavy (non-hydrogen) atoms. The summed E-state index contributed by atoms with van der Waals surface area (Å²) in [6.45, 7) is 1.90. The minimum Gasteiger partial charge on any atom is -0.432 e. The number of halogens is 6. The van der Waals surface area contributed by atoms with Gasteiger partial charge in [-0.2, -0.15) is 8.78 Å². The molecule has 0 saturated heterocycles. The monoisotopic (exact) mass is 464 g/mol. The molecule has 1 aliphatic rings. The molecule has 0 bridgehead atoms. The Hall–Kier alpha value is -2.96. The van der Waals surface area contributed by atoms with Crippen molar-refractivity contribution in [3.63, 3.8) is 0 Å². The first kappa shape index (κ1) is 23.2. The number of hydrogen-bond donors (Lipinski definition) is 0. The summed E-state index contributed by atoms with van der Waals surface area (Å²) in [5.41, 5.74) is 1.88. The lowest BCUT2D eigenvalue weighted by atomic mass is 9.77. The largest absolute Gasteiger partial charge is 0.432 e. The van der Waals surface area contributed by atoms with Crippen LogP contribution in [0.15, 0.2) is 54.6 Å². The topological polar surface area (TPSA) is 9.23 Å². The van der Waals surface area contributed by atoms with Crippen molar-refractivity contribution >= 4 is 0 Å². The van der Waals surface area contributed by atoms with Crippen LogP contribution in [0.5, 0.6) is 5.75 Å². The summed E-state index contributed by atoms with van der Waals surface area (Å²) in [7, 11) is 0. The predicted molar refractivity (Wildman–Crippen MR) is 113 cm³/mol. The standard InChI is InChI=1S/C26H22F6O/c1-15-2-4-16(5-3-15)20-11-12-21(25(30)24(20)29)17-6-8-18(9-7-17)26(31,32)33-19-10-13-22(27)23(28)14-19/h2-5,10-14,17-18H,6-9H2,1H3. The van der Waals surface area contributed by atoms with Gasteiger partial charge in [0, 0.05) is 11.6 Å². The van der Waals surface area contributed by atoms with Crippen LogP contribution in [0.3, 0.4) is 0 Å². The Kier molecular flexibility index (Phi) is 6.41. The van der Waals surface area contributed by atoms with Crippen LogP contribution in [-0.4, -0.2) is 6.11 Å². The Morgan fingerprint density at radius 3 is 2.06 bits per heavy atom. The van der Waals surface area contributed by atoms with Crippen LogP contribution in [0.2, 0.25) is 0 Å². The number of rotatable bonds is 5. The molecule has 4 rings (SSSR count). The third kappa shape index (κ3) is 4.87. The molecule has 3 aromatic carbocycles. The molecule has 0 amide bonds. The summed E-state index contributed by atoms with van der Waals surface area (Å²) >= 11 is 0. The smallest absolute Gasteiger partial charge is 0.400 e. The summed E-state index contributed by atoms with van der Waals surface area (Å²) in [6.07, 6.45) is -3.12. The molecule has 174 valence electrons. The van der Waals surface area contributed by atoms with E-state index in [2.05, 4.69) is 4.74 Å². The van der Waals surface area contributed by atoms with Crippen LogP contribution in [0.1, 0.15) is 42.7 Å². The van der Waals surface area contributed by atoms with Crippen LogP contribution in [0.4, 0.5) is 26.3 Å². The molecule has 0 aliphatic heterocycles. The maximum absolute atomic E-state index is 14.9. The Balaban J connectivity index is 1.45. The molecule has 0 heterocycles. The summed E-state index contributed by atoms with van der Waals surface area (Å²) in [4.78, 5) is 0. The lowest BCUT2D eigenvalue weighted by molar-refractivity contribution is -0.222. The summed E-state index contributed by atoms with van der Waals surface area (Å²) < 4.78 is 89.8. The Bertz CT molecular complexity index is 1130.